The predicted molar refractivity (Wildman–Crippen MR) is 89.9 cm³/mol. The molecule has 0 radical (unpaired) electrons. The number of rotatable bonds is 5. The van der Waals surface area contributed by atoms with Crippen LogP contribution in [0.25, 0.3) is 5.69 Å². The lowest BCUT2D eigenvalue weighted by Gasteiger charge is -2.14. The highest BCUT2D eigenvalue weighted by molar-refractivity contribution is 5.36. The fourth-order valence-electron chi connectivity index (χ4n) is 2.81. The second-order valence-corrected chi connectivity index (χ2v) is 5.96. The molecule has 0 spiro atoms. The summed E-state index contributed by atoms with van der Waals surface area (Å²) in [6.45, 7) is 4.16. The van der Waals surface area contributed by atoms with Gasteiger partial charge in [0.2, 0.25) is 0 Å². The monoisotopic (exact) mass is 345 g/mol. The van der Waals surface area contributed by atoms with Crippen molar-refractivity contribution < 1.29 is 13.2 Å². The van der Waals surface area contributed by atoms with E-state index >= 15 is 0 Å². The summed E-state index contributed by atoms with van der Waals surface area (Å²) in [7, 11) is 0. The lowest BCUT2D eigenvalue weighted by atomic mass is 10.1. The fourth-order valence-corrected chi connectivity index (χ4v) is 2.81. The molecule has 0 amide bonds. The highest BCUT2D eigenvalue weighted by Gasteiger charge is 2.14. The highest BCUT2D eigenvalue weighted by Crippen LogP contribution is 2.21. The van der Waals surface area contributed by atoms with E-state index in [9.17, 15) is 13.2 Å². The summed E-state index contributed by atoms with van der Waals surface area (Å²) >= 11 is 0. The summed E-state index contributed by atoms with van der Waals surface area (Å²) in [4.78, 5) is 0. The summed E-state index contributed by atoms with van der Waals surface area (Å²) in [6, 6.07) is 9.56. The van der Waals surface area contributed by atoms with Crippen molar-refractivity contribution in [3.8, 4) is 5.69 Å². The van der Waals surface area contributed by atoms with Crippen molar-refractivity contribution in [3.63, 3.8) is 0 Å². The third-order valence-electron chi connectivity index (χ3n) is 4.10. The van der Waals surface area contributed by atoms with Crippen LogP contribution in [0.4, 0.5) is 13.2 Å². The van der Waals surface area contributed by atoms with Crippen LogP contribution in [0.1, 0.15) is 29.8 Å². The van der Waals surface area contributed by atoms with Crippen LogP contribution in [0, 0.1) is 24.4 Å². The molecule has 130 valence electrons. The van der Waals surface area contributed by atoms with Crippen LogP contribution in [0.15, 0.2) is 48.7 Å². The molecular weight excluding hydrogens is 327 g/mol. The number of nitrogens with zero attached hydrogens (tertiary/aromatic N) is 2. The number of hydrogen-bond acceptors (Lipinski definition) is 2. The molecule has 0 unspecified atom stereocenters. The lowest BCUT2D eigenvalue weighted by Crippen LogP contribution is -2.19. The van der Waals surface area contributed by atoms with E-state index in [1.165, 1.54) is 24.3 Å². The number of hydrogen-bond donors (Lipinski definition) is 1. The van der Waals surface area contributed by atoms with Gasteiger partial charge in [-0.3, -0.25) is 0 Å². The molecule has 0 bridgehead atoms. The van der Waals surface area contributed by atoms with Gasteiger partial charge in [0.1, 0.15) is 17.5 Å². The minimum absolute atomic E-state index is 0.0892. The molecule has 1 heterocycles. The van der Waals surface area contributed by atoms with Crippen LogP contribution in [0.2, 0.25) is 0 Å². The third-order valence-corrected chi connectivity index (χ3v) is 4.10. The van der Waals surface area contributed by atoms with Gasteiger partial charge in [0.25, 0.3) is 0 Å². The Bertz CT molecular complexity index is 869. The molecular formula is C19H18F3N3. The summed E-state index contributed by atoms with van der Waals surface area (Å²) < 4.78 is 41.6. The van der Waals surface area contributed by atoms with Crippen molar-refractivity contribution in [1.29, 1.82) is 0 Å². The maximum absolute atomic E-state index is 13.4. The molecule has 3 nitrogen and oxygen atoms in total. The van der Waals surface area contributed by atoms with Crippen LogP contribution in [-0.2, 0) is 6.54 Å². The first-order valence-corrected chi connectivity index (χ1v) is 7.93. The molecule has 0 aliphatic carbocycles. The van der Waals surface area contributed by atoms with Crippen LogP contribution in [0.5, 0.6) is 0 Å². The number of nitrogens with one attached hydrogen (secondary N) is 1. The standard InChI is InChI=1S/C19H18F3N3/c1-12(23-10-14-6-16(21)8-17(22)7-14)19-11-24-25(13(19)2)18-5-3-4-15(20)9-18/h3-9,11-12,23H,10H2,1-2H3/t12-/m0/s1. The Morgan fingerprint density at radius 2 is 1.76 bits per heavy atom. The average molecular weight is 345 g/mol. The first kappa shape index (κ1) is 17.2. The quantitative estimate of drug-likeness (QED) is 0.740. The Morgan fingerprint density at radius 1 is 1.04 bits per heavy atom. The Morgan fingerprint density at radius 3 is 2.44 bits per heavy atom. The Balaban J connectivity index is 1.75. The highest BCUT2D eigenvalue weighted by atomic mass is 19.1. The first-order chi connectivity index (χ1) is 11.9. The topological polar surface area (TPSA) is 29.9 Å². The maximum Gasteiger partial charge on any atom is 0.126 e. The summed E-state index contributed by atoms with van der Waals surface area (Å²) in [5, 5.41) is 7.55. The van der Waals surface area contributed by atoms with Crippen molar-refractivity contribution in [2.24, 2.45) is 0 Å². The van der Waals surface area contributed by atoms with Gasteiger partial charge < -0.3 is 5.32 Å². The molecule has 0 aliphatic rings. The minimum Gasteiger partial charge on any atom is -0.306 e. The van der Waals surface area contributed by atoms with Crippen molar-refractivity contribution in [2.75, 3.05) is 0 Å². The molecule has 6 heteroatoms. The Kier molecular flexibility index (Phi) is 4.90. The molecule has 25 heavy (non-hydrogen) atoms. The van der Waals surface area contributed by atoms with Crippen molar-refractivity contribution in [3.05, 3.63) is 82.9 Å². The van der Waals surface area contributed by atoms with E-state index in [0.29, 0.717) is 17.8 Å². The van der Waals surface area contributed by atoms with Gasteiger partial charge in [-0.2, -0.15) is 5.10 Å². The molecule has 3 rings (SSSR count). The van der Waals surface area contributed by atoms with E-state index in [0.717, 1.165) is 17.3 Å². The summed E-state index contributed by atoms with van der Waals surface area (Å²) in [6.07, 6.45) is 1.71. The van der Waals surface area contributed by atoms with Gasteiger partial charge in [0, 0.05) is 29.9 Å². The number of aromatic nitrogens is 2. The van der Waals surface area contributed by atoms with Crippen molar-refractivity contribution in [2.45, 2.75) is 26.4 Å². The zero-order chi connectivity index (χ0) is 18.0. The molecule has 0 aliphatic heterocycles. The molecule has 2 aromatic carbocycles. The maximum atomic E-state index is 13.4. The van der Waals surface area contributed by atoms with Gasteiger partial charge in [-0.25, -0.2) is 17.9 Å². The molecule has 3 aromatic rings. The van der Waals surface area contributed by atoms with Gasteiger partial charge >= 0.3 is 0 Å². The zero-order valence-electron chi connectivity index (χ0n) is 13.9. The largest absolute Gasteiger partial charge is 0.306 e. The van der Waals surface area contributed by atoms with Crippen LogP contribution in [-0.4, -0.2) is 9.78 Å². The second-order valence-electron chi connectivity index (χ2n) is 5.96. The van der Waals surface area contributed by atoms with Gasteiger partial charge in [-0.1, -0.05) is 6.07 Å². The van der Waals surface area contributed by atoms with E-state index in [-0.39, 0.29) is 11.9 Å². The second kappa shape index (κ2) is 7.11. The molecule has 0 saturated heterocycles. The van der Waals surface area contributed by atoms with Gasteiger partial charge in [0.15, 0.2) is 0 Å². The molecule has 0 saturated carbocycles. The van der Waals surface area contributed by atoms with Crippen molar-refractivity contribution >= 4 is 0 Å². The van der Waals surface area contributed by atoms with Gasteiger partial charge in [-0.15, -0.1) is 0 Å². The first-order valence-electron chi connectivity index (χ1n) is 7.93. The molecule has 1 atom stereocenters. The van der Waals surface area contributed by atoms with E-state index < -0.39 is 11.6 Å². The summed E-state index contributed by atoms with van der Waals surface area (Å²) in [5.74, 6) is -1.52. The molecule has 1 N–H and O–H groups in total. The van der Waals surface area contributed by atoms with Crippen molar-refractivity contribution in [1.82, 2.24) is 15.1 Å². The molecule has 0 fully saturated rings. The minimum atomic E-state index is -0.598. The predicted octanol–water partition coefficient (Wildman–Crippen LogP) is 4.45. The van der Waals surface area contributed by atoms with Crippen LogP contribution < -0.4 is 5.32 Å². The lowest BCUT2D eigenvalue weighted by molar-refractivity contribution is 0.552. The fraction of sp³-hybridized carbons (Fsp3) is 0.211. The average Bonchev–Trinajstić information content (AvgIpc) is 2.93. The van der Waals surface area contributed by atoms with Gasteiger partial charge in [-0.05, 0) is 49.7 Å². The third kappa shape index (κ3) is 3.91. The van der Waals surface area contributed by atoms with Gasteiger partial charge in [0.05, 0.1) is 11.9 Å². The molecule has 1 aromatic heterocycles. The summed E-state index contributed by atoms with van der Waals surface area (Å²) in [5.41, 5.74) is 2.97. The van der Waals surface area contributed by atoms with Crippen LogP contribution >= 0.6 is 0 Å². The number of halogens is 3. The number of benzene rings is 2. The van der Waals surface area contributed by atoms with E-state index in [1.807, 2.05) is 13.8 Å². The van der Waals surface area contributed by atoms with Crippen LogP contribution in [0.3, 0.4) is 0 Å². The van der Waals surface area contributed by atoms with E-state index in [1.54, 1.807) is 23.0 Å². The normalized spacial score (nSPS) is 12.4. The SMILES string of the molecule is Cc1c([C@H](C)NCc2cc(F)cc(F)c2)cnn1-c1cccc(F)c1. The van der Waals surface area contributed by atoms with E-state index in [4.69, 9.17) is 0 Å². The van der Waals surface area contributed by atoms with E-state index in [2.05, 4.69) is 10.4 Å². The Hall–Kier alpha value is -2.60. The Labute approximate surface area is 144 Å². The smallest absolute Gasteiger partial charge is 0.126 e. The zero-order valence-corrected chi connectivity index (χ0v) is 13.9.